The highest BCUT2D eigenvalue weighted by atomic mass is 16.5. The van der Waals surface area contributed by atoms with E-state index in [0.29, 0.717) is 25.1 Å². The van der Waals surface area contributed by atoms with Gasteiger partial charge in [-0.25, -0.2) is 0 Å². The minimum absolute atomic E-state index is 0.273. The molecule has 1 spiro atoms. The zero-order valence-electron chi connectivity index (χ0n) is 15.0. The van der Waals surface area contributed by atoms with Gasteiger partial charge in [-0.1, -0.05) is 30.3 Å². The maximum atomic E-state index is 13.4. The van der Waals surface area contributed by atoms with Gasteiger partial charge in [0, 0.05) is 51.9 Å². The fourth-order valence-corrected chi connectivity index (χ4v) is 4.89. The van der Waals surface area contributed by atoms with Gasteiger partial charge in [0.25, 0.3) is 0 Å². The first-order valence-corrected chi connectivity index (χ1v) is 9.40. The van der Waals surface area contributed by atoms with Crippen LogP contribution in [0.4, 0.5) is 0 Å². The summed E-state index contributed by atoms with van der Waals surface area (Å²) in [5.41, 5.74) is 1.02. The van der Waals surface area contributed by atoms with Crippen molar-refractivity contribution in [1.82, 2.24) is 9.80 Å². The molecule has 3 aliphatic heterocycles. The molecular weight excluding hydrogens is 316 g/mol. The summed E-state index contributed by atoms with van der Waals surface area (Å²) in [5.74, 6) is 0.592. The van der Waals surface area contributed by atoms with Crippen LogP contribution in [0.3, 0.4) is 0 Å². The molecular formula is C20H28N2O3. The number of likely N-dealkylation sites (tertiary alicyclic amines) is 2. The van der Waals surface area contributed by atoms with Gasteiger partial charge in [0.1, 0.15) is 0 Å². The molecule has 5 nitrogen and oxygen atoms in total. The fourth-order valence-electron chi connectivity index (χ4n) is 4.89. The molecule has 136 valence electrons. The molecule has 1 aromatic carbocycles. The maximum Gasteiger partial charge on any atom is 0.230 e. The molecule has 3 atom stereocenters. The Hall–Kier alpha value is -1.43. The first-order valence-electron chi connectivity index (χ1n) is 9.40. The lowest BCUT2D eigenvalue weighted by Crippen LogP contribution is -2.42. The third-order valence-corrected chi connectivity index (χ3v) is 6.30. The Balaban J connectivity index is 1.62. The number of hydrogen-bond donors (Lipinski definition) is 0. The van der Waals surface area contributed by atoms with Crippen LogP contribution < -0.4 is 0 Å². The minimum atomic E-state index is -0.280. The summed E-state index contributed by atoms with van der Waals surface area (Å²) in [6, 6.07) is 11.1. The highest BCUT2D eigenvalue weighted by molar-refractivity contribution is 5.87. The summed E-state index contributed by atoms with van der Waals surface area (Å²) in [5, 5.41) is 0. The van der Waals surface area contributed by atoms with Gasteiger partial charge in [-0.2, -0.15) is 0 Å². The summed E-state index contributed by atoms with van der Waals surface area (Å²) in [7, 11) is 1.69. The van der Waals surface area contributed by atoms with Crippen LogP contribution in [0.2, 0.25) is 0 Å². The van der Waals surface area contributed by atoms with Crippen LogP contribution in [0.25, 0.3) is 0 Å². The first-order chi connectivity index (χ1) is 12.2. The summed E-state index contributed by atoms with van der Waals surface area (Å²) in [6.07, 6.45) is 2.03. The van der Waals surface area contributed by atoms with E-state index in [1.54, 1.807) is 7.11 Å². The molecule has 1 aromatic rings. The lowest BCUT2D eigenvalue weighted by atomic mass is 9.73. The van der Waals surface area contributed by atoms with E-state index in [1.807, 2.05) is 4.90 Å². The van der Waals surface area contributed by atoms with E-state index >= 15 is 0 Å². The van der Waals surface area contributed by atoms with Crippen molar-refractivity contribution in [2.45, 2.75) is 24.8 Å². The quantitative estimate of drug-likeness (QED) is 0.816. The molecule has 1 amide bonds. The van der Waals surface area contributed by atoms with Crippen LogP contribution in [0.1, 0.15) is 24.3 Å². The molecule has 0 aliphatic carbocycles. The monoisotopic (exact) mass is 344 g/mol. The Labute approximate surface area is 149 Å². The van der Waals surface area contributed by atoms with Crippen molar-refractivity contribution < 1.29 is 14.3 Å². The third-order valence-electron chi connectivity index (χ3n) is 6.30. The van der Waals surface area contributed by atoms with Gasteiger partial charge in [0.2, 0.25) is 5.91 Å². The van der Waals surface area contributed by atoms with Crippen molar-refractivity contribution in [3.05, 3.63) is 35.9 Å². The Morgan fingerprint density at radius 2 is 2.16 bits per heavy atom. The van der Waals surface area contributed by atoms with Crippen molar-refractivity contribution >= 4 is 5.91 Å². The van der Waals surface area contributed by atoms with Crippen LogP contribution in [-0.2, 0) is 14.3 Å². The van der Waals surface area contributed by atoms with Crippen LogP contribution in [0.5, 0.6) is 0 Å². The van der Waals surface area contributed by atoms with E-state index in [9.17, 15) is 4.79 Å². The molecule has 0 aromatic heterocycles. The van der Waals surface area contributed by atoms with Gasteiger partial charge in [0.05, 0.1) is 18.6 Å². The fraction of sp³-hybridized carbons (Fsp3) is 0.650. The molecule has 3 heterocycles. The van der Waals surface area contributed by atoms with Crippen LogP contribution >= 0.6 is 0 Å². The Morgan fingerprint density at radius 1 is 1.32 bits per heavy atom. The largest absolute Gasteiger partial charge is 0.383 e. The summed E-state index contributed by atoms with van der Waals surface area (Å²) in [6.45, 7) is 5.63. The van der Waals surface area contributed by atoms with Crippen molar-refractivity contribution in [3.63, 3.8) is 0 Å². The normalized spacial score (nSPS) is 33.0. The minimum Gasteiger partial charge on any atom is -0.383 e. The van der Waals surface area contributed by atoms with Gasteiger partial charge >= 0.3 is 0 Å². The van der Waals surface area contributed by atoms with Gasteiger partial charge in [-0.3, -0.25) is 9.69 Å². The highest BCUT2D eigenvalue weighted by Gasteiger charge is 2.57. The highest BCUT2D eigenvalue weighted by Crippen LogP contribution is 2.50. The number of hydrogen-bond acceptors (Lipinski definition) is 4. The molecule has 0 N–H and O–H groups in total. The number of rotatable bonds is 5. The Bertz CT molecular complexity index is 602. The number of nitrogens with zero attached hydrogens (tertiary/aromatic N) is 2. The number of carbonyl (C=O) groups is 1. The second-order valence-electron chi connectivity index (χ2n) is 7.60. The van der Waals surface area contributed by atoms with Crippen molar-refractivity contribution in [3.8, 4) is 0 Å². The van der Waals surface area contributed by atoms with E-state index in [2.05, 4.69) is 35.2 Å². The van der Waals surface area contributed by atoms with Crippen LogP contribution in [0.15, 0.2) is 30.3 Å². The van der Waals surface area contributed by atoms with Crippen LogP contribution in [-0.4, -0.2) is 74.9 Å². The number of benzene rings is 1. The summed E-state index contributed by atoms with van der Waals surface area (Å²) in [4.78, 5) is 17.9. The van der Waals surface area contributed by atoms with Gasteiger partial charge in [-0.05, 0) is 18.4 Å². The molecule has 5 heteroatoms. The number of methoxy groups -OCH3 is 1. The zero-order valence-corrected chi connectivity index (χ0v) is 15.0. The second-order valence-corrected chi connectivity index (χ2v) is 7.60. The van der Waals surface area contributed by atoms with Gasteiger partial charge in [-0.15, -0.1) is 0 Å². The van der Waals surface area contributed by atoms with Crippen molar-refractivity contribution in [2.75, 3.05) is 53.1 Å². The number of ether oxygens (including phenoxy) is 2. The molecule has 3 saturated heterocycles. The standard InChI is InChI=1S/C20H28N2O3/c1-24-12-10-21-9-8-20(19(21)23)15-22(17-7-11-25-14-17)13-18(20)16-5-3-2-4-6-16/h2-6,17-18H,7-15H2,1H3/t17-,18+,20-/m1/s1. The van der Waals surface area contributed by atoms with E-state index in [4.69, 9.17) is 9.47 Å². The van der Waals surface area contributed by atoms with Crippen LogP contribution in [0, 0.1) is 5.41 Å². The van der Waals surface area contributed by atoms with Gasteiger partial charge < -0.3 is 14.4 Å². The Kier molecular flexibility index (Phi) is 4.80. The number of carbonyl (C=O) groups excluding carboxylic acids is 1. The molecule has 0 bridgehead atoms. The van der Waals surface area contributed by atoms with E-state index in [0.717, 1.165) is 45.7 Å². The molecule has 3 fully saturated rings. The van der Waals surface area contributed by atoms with E-state index in [1.165, 1.54) is 5.56 Å². The summed E-state index contributed by atoms with van der Waals surface area (Å²) >= 11 is 0. The molecule has 0 radical (unpaired) electrons. The summed E-state index contributed by atoms with van der Waals surface area (Å²) < 4.78 is 10.8. The molecule has 3 aliphatic rings. The SMILES string of the molecule is COCCN1CC[C@]2(CN([C@@H]3CCOC3)C[C@H]2c2ccccc2)C1=O. The zero-order chi connectivity index (χ0) is 17.3. The molecule has 4 rings (SSSR count). The molecule has 0 saturated carbocycles. The van der Waals surface area contributed by atoms with E-state index < -0.39 is 0 Å². The predicted octanol–water partition coefficient (Wildman–Crippen LogP) is 1.74. The average Bonchev–Trinajstić information content (AvgIpc) is 3.36. The predicted molar refractivity (Wildman–Crippen MR) is 95.5 cm³/mol. The van der Waals surface area contributed by atoms with Crippen molar-refractivity contribution in [1.29, 1.82) is 0 Å². The maximum absolute atomic E-state index is 13.4. The van der Waals surface area contributed by atoms with Gasteiger partial charge in [0.15, 0.2) is 0 Å². The smallest absolute Gasteiger partial charge is 0.230 e. The lowest BCUT2D eigenvalue weighted by molar-refractivity contribution is -0.136. The third kappa shape index (κ3) is 2.98. The number of amides is 1. The lowest BCUT2D eigenvalue weighted by Gasteiger charge is -2.29. The first kappa shape index (κ1) is 17.0. The van der Waals surface area contributed by atoms with Crippen molar-refractivity contribution in [2.24, 2.45) is 5.41 Å². The van der Waals surface area contributed by atoms with E-state index in [-0.39, 0.29) is 11.3 Å². The molecule has 25 heavy (non-hydrogen) atoms. The topological polar surface area (TPSA) is 42.0 Å². The second kappa shape index (κ2) is 7.06. The Morgan fingerprint density at radius 3 is 2.88 bits per heavy atom. The molecule has 0 unspecified atom stereocenters. The average molecular weight is 344 g/mol.